The minimum Gasteiger partial charge on any atom is -0.477 e. The molecule has 1 aliphatic rings. The first-order valence-electron chi connectivity index (χ1n) is 13.8. The summed E-state index contributed by atoms with van der Waals surface area (Å²) in [6, 6.07) is 4.87. The first-order chi connectivity index (χ1) is 20.1. The molecule has 1 aliphatic heterocycles. The van der Waals surface area contributed by atoms with Gasteiger partial charge in [0.1, 0.15) is 28.0 Å². The van der Waals surface area contributed by atoms with Crippen LogP contribution in [-0.4, -0.2) is 85.9 Å². The Kier molecular flexibility index (Phi) is 8.85. The van der Waals surface area contributed by atoms with Crippen LogP contribution in [0.4, 0.5) is 15.9 Å². The van der Waals surface area contributed by atoms with Crippen LogP contribution >= 0.6 is 11.6 Å². The maximum Gasteiger partial charge on any atom is 0.222 e. The molecule has 3 N–H and O–H groups in total. The SMILES string of the molecule is CN1CCN(Cc2cnc(-c3cnc(Cl)cc3NCC(C)(C)COc3c(-c4nccc(N)n4)cnn3C)c(F)c2)CC1. The Morgan fingerprint density at radius 2 is 1.83 bits per heavy atom. The maximum absolute atomic E-state index is 15.4. The number of nitrogens with one attached hydrogen (secondary N) is 1. The molecule has 0 unspecified atom stereocenters. The molecular weight excluding hydrogens is 559 g/mol. The molecule has 4 aromatic heterocycles. The molecule has 13 heteroatoms. The van der Waals surface area contributed by atoms with Crippen LogP contribution in [0.2, 0.25) is 5.15 Å². The summed E-state index contributed by atoms with van der Waals surface area (Å²) < 4.78 is 23.3. The van der Waals surface area contributed by atoms with Gasteiger partial charge in [-0.1, -0.05) is 25.4 Å². The Balaban J connectivity index is 1.27. The van der Waals surface area contributed by atoms with Gasteiger partial charge < -0.3 is 20.7 Å². The van der Waals surface area contributed by atoms with E-state index in [1.165, 1.54) is 0 Å². The van der Waals surface area contributed by atoms with Crippen molar-refractivity contribution < 1.29 is 9.13 Å². The Hall–Kier alpha value is -3.87. The lowest BCUT2D eigenvalue weighted by atomic mass is 9.94. The van der Waals surface area contributed by atoms with Gasteiger partial charge in [-0.3, -0.25) is 9.88 Å². The molecule has 222 valence electrons. The van der Waals surface area contributed by atoms with E-state index in [9.17, 15) is 0 Å². The van der Waals surface area contributed by atoms with Gasteiger partial charge in [0.05, 0.1) is 12.8 Å². The number of anilines is 2. The van der Waals surface area contributed by atoms with Crippen molar-refractivity contribution in [1.29, 1.82) is 0 Å². The number of aromatic nitrogens is 6. The molecule has 1 fully saturated rings. The minimum absolute atomic E-state index is 0.222. The molecular formula is C29H36ClFN10O. The average Bonchev–Trinajstić information content (AvgIpc) is 3.33. The zero-order chi connectivity index (χ0) is 29.9. The fourth-order valence-electron chi connectivity index (χ4n) is 4.69. The fraction of sp³-hybridized carbons (Fsp3) is 0.414. The molecule has 5 rings (SSSR count). The molecule has 0 aliphatic carbocycles. The number of ether oxygens (including phenoxy) is 1. The number of hydrogen-bond donors (Lipinski definition) is 2. The standard InChI is InChI=1S/C29H36ClFN10O/c1-29(2,18-42-28-21(15-37-40(28)4)27-33-6-5-25(32)38-27)17-36-23-12-24(30)34-14-20(23)26-22(31)11-19(13-35-26)16-41-9-7-39(3)8-10-41/h5-6,11-15H,7-10,16-18H2,1-4H3,(H,34,36)(H2,32,33,38). The average molecular weight is 595 g/mol. The van der Waals surface area contributed by atoms with Crippen LogP contribution in [0.15, 0.2) is 43.0 Å². The number of hydrogen-bond acceptors (Lipinski definition) is 10. The summed E-state index contributed by atoms with van der Waals surface area (Å²) in [6.07, 6.45) is 6.53. The fourth-order valence-corrected chi connectivity index (χ4v) is 4.85. The lowest BCUT2D eigenvalue weighted by Gasteiger charge is -2.32. The van der Waals surface area contributed by atoms with Gasteiger partial charge in [0.25, 0.3) is 0 Å². The van der Waals surface area contributed by atoms with Gasteiger partial charge in [0.15, 0.2) is 5.82 Å². The molecule has 0 atom stereocenters. The summed E-state index contributed by atoms with van der Waals surface area (Å²) in [5, 5.41) is 8.02. The van der Waals surface area contributed by atoms with Gasteiger partial charge in [-0.25, -0.2) is 24.0 Å². The summed E-state index contributed by atoms with van der Waals surface area (Å²) in [5.74, 6) is 0.934. The Bertz CT molecular complexity index is 1540. The van der Waals surface area contributed by atoms with Crippen LogP contribution in [0.25, 0.3) is 22.6 Å². The van der Waals surface area contributed by atoms with Gasteiger partial charge in [-0.05, 0) is 30.8 Å². The van der Waals surface area contributed by atoms with E-state index in [0.717, 1.165) is 31.7 Å². The number of piperazine rings is 1. The number of nitrogens with two attached hydrogens (primary N) is 1. The Labute approximate surface area is 249 Å². The Morgan fingerprint density at radius 3 is 2.57 bits per heavy atom. The first kappa shape index (κ1) is 29.6. The topological polar surface area (TPSA) is 123 Å². The number of pyridine rings is 2. The quantitative estimate of drug-likeness (QED) is 0.261. The van der Waals surface area contributed by atoms with Crippen LogP contribution < -0.4 is 15.8 Å². The van der Waals surface area contributed by atoms with E-state index < -0.39 is 5.82 Å². The van der Waals surface area contributed by atoms with E-state index in [1.807, 2.05) is 0 Å². The maximum atomic E-state index is 15.4. The van der Waals surface area contributed by atoms with Crippen molar-refractivity contribution in [3.8, 4) is 28.5 Å². The molecule has 0 saturated carbocycles. The van der Waals surface area contributed by atoms with E-state index >= 15 is 4.39 Å². The third-order valence-electron chi connectivity index (χ3n) is 7.19. The Morgan fingerprint density at radius 1 is 1.05 bits per heavy atom. The second-order valence-electron chi connectivity index (χ2n) is 11.4. The molecule has 5 heterocycles. The summed E-state index contributed by atoms with van der Waals surface area (Å²) in [7, 11) is 3.90. The predicted molar refractivity (Wildman–Crippen MR) is 162 cm³/mol. The summed E-state index contributed by atoms with van der Waals surface area (Å²) in [4.78, 5) is 21.9. The highest BCUT2D eigenvalue weighted by Gasteiger charge is 2.24. The van der Waals surface area contributed by atoms with Gasteiger partial charge >= 0.3 is 0 Å². The zero-order valence-corrected chi connectivity index (χ0v) is 25.1. The smallest absolute Gasteiger partial charge is 0.222 e. The largest absolute Gasteiger partial charge is 0.477 e. The van der Waals surface area contributed by atoms with Gasteiger partial charge in [-0.2, -0.15) is 5.10 Å². The number of halogens is 2. The van der Waals surface area contributed by atoms with Crippen molar-refractivity contribution in [1.82, 2.24) is 39.5 Å². The third-order valence-corrected chi connectivity index (χ3v) is 7.39. The molecule has 42 heavy (non-hydrogen) atoms. The van der Waals surface area contributed by atoms with Crippen LogP contribution in [0.1, 0.15) is 19.4 Å². The number of nitrogens with zero attached hydrogens (tertiary/aromatic N) is 8. The van der Waals surface area contributed by atoms with Gasteiger partial charge in [0, 0.05) is 81.6 Å². The second kappa shape index (κ2) is 12.6. The number of likely N-dealkylation sites (N-methyl/N-ethyl adjacent to an activating group) is 1. The molecule has 0 aromatic carbocycles. The lowest BCUT2D eigenvalue weighted by molar-refractivity contribution is 0.148. The van der Waals surface area contributed by atoms with Gasteiger partial charge in [0.2, 0.25) is 5.88 Å². The van der Waals surface area contributed by atoms with Crippen LogP contribution in [-0.2, 0) is 13.6 Å². The minimum atomic E-state index is -0.399. The second-order valence-corrected chi connectivity index (χ2v) is 11.8. The van der Waals surface area contributed by atoms with E-state index in [2.05, 4.69) is 61.0 Å². The molecule has 11 nitrogen and oxygen atoms in total. The van der Waals surface area contributed by atoms with Crippen LogP contribution in [0.5, 0.6) is 5.88 Å². The lowest BCUT2D eigenvalue weighted by Crippen LogP contribution is -2.43. The van der Waals surface area contributed by atoms with Crippen molar-refractivity contribution in [3.63, 3.8) is 0 Å². The van der Waals surface area contributed by atoms with Crippen molar-refractivity contribution in [3.05, 3.63) is 59.5 Å². The van der Waals surface area contributed by atoms with Gasteiger partial charge in [-0.15, -0.1) is 0 Å². The summed E-state index contributed by atoms with van der Waals surface area (Å²) >= 11 is 6.24. The number of rotatable bonds is 10. The molecule has 0 radical (unpaired) electrons. The molecule has 0 bridgehead atoms. The molecule has 4 aromatic rings. The van der Waals surface area contributed by atoms with E-state index in [1.54, 1.807) is 54.7 Å². The highest BCUT2D eigenvalue weighted by atomic mass is 35.5. The van der Waals surface area contributed by atoms with E-state index in [-0.39, 0.29) is 11.1 Å². The zero-order valence-electron chi connectivity index (χ0n) is 24.3. The monoisotopic (exact) mass is 594 g/mol. The van der Waals surface area contributed by atoms with Crippen LogP contribution in [0, 0.1) is 11.2 Å². The first-order valence-corrected chi connectivity index (χ1v) is 14.1. The molecule has 0 amide bonds. The van der Waals surface area contributed by atoms with Crippen LogP contribution in [0.3, 0.4) is 0 Å². The molecule has 1 saturated heterocycles. The predicted octanol–water partition coefficient (Wildman–Crippen LogP) is 3.97. The van der Waals surface area contributed by atoms with Crippen molar-refractivity contribution in [2.75, 3.05) is 57.4 Å². The third kappa shape index (κ3) is 7.12. The normalized spacial score (nSPS) is 14.7. The highest BCUT2D eigenvalue weighted by Crippen LogP contribution is 2.32. The summed E-state index contributed by atoms with van der Waals surface area (Å²) in [5.41, 5.74) is 8.36. The van der Waals surface area contributed by atoms with Crippen molar-refractivity contribution >= 4 is 23.1 Å². The number of aryl methyl sites for hydroxylation is 1. The highest BCUT2D eigenvalue weighted by molar-refractivity contribution is 6.29. The molecule has 0 spiro atoms. The van der Waals surface area contributed by atoms with E-state index in [0.29, 0.717) is 59.2 Å². The number of nitrogen functional groups attached to an aromatic ring is 1. The van der Waals surface area contributed by atoms with Crippen molar-refractivity contribution in [2.45, 2.75) is 20.4 Å². The summed E-state index contributed by atoms with van der Waals surface area (Å²) in [6.45, 7) is 9.51. The van der Waals surface area contributed by atoms with Crippen molar-refractivity contribution in [2.24, 2.45) is 12.5 Å². The van der Waals surface area contributed by atoms with E-state index in [4.69, 9.17) is 22.1 Å².